The maximum atomic E-state index is 6.17. The van der Waals surface area contributed by atoms with Crippen molar-refractivity contribution in [1.29, 1.82) is 0 Å². The van der Waals surface area contributed by atoms with Gasteiger partial charge in [-0.1, -0.05) is 25.5 Å². The average molecular weight is 267 g/mol. The molecule has 1 unspecified atom stereocenters. The molecule has 1 atom stereocenters. The molecule has 0 aromatic heterocycles. The van der Waals surface area contributed by atoms with Crippen molar-refractivity contribution in [3.8, 4) is 0 Å². The molecule has 2 heteroatoms. The topological polar surface area (TPSA) is 21.3 Å². The van der Waals surface area contributed by atoms with Crippen molar-refractivity contribution >= 4 is 0 Å². The highest BCUT2D eigenvalue weighted by molar-refractivity contribution is 5.13. The summed E-state index contributed by atoms with van der Waals surface area (Å²) in [5.74, 6) is 1.28. The van der Waals surface area contributed by atoms with E-state index in [1.165, 1.54) is 5.57 Å². The first-order valence-electron chi connectivity index (χ1n) is 7.71. The summed E-state index contributed by atoms with van der Waals surface area (Å²) >= 11 is 0. The van der Waals surface area contributed by atoms with Crippen LogP contribution in [0, 0.1) is 11.8 Å². The highest BCUT2D eigenvalue weighted by Gasteiger charge is 2.46. The fourth-order valence-corrected chi connectivity index (χ4v) is 3.21. The molecule has 0 radical (unpaired) electrons. The van der Waals surface area contributed by atoms with Crippen LogP contribution in [0.5, 0.6) is 0 Å². The molecule has 0 amide bonds. The van der Waals surface area contributed by atoms with Gasteiger partial charge in [0.05, 0.1) is 11.2 Å². The van der Waals surface area contributed by atoms with E-state index in [1.807, 2.05) is 0 Å². The predicted molar refractivity (Wildman–Crippen MR) is 83.4 cm³/mol. The van der Waals surface area contributed by atoms with E-state index in [1.54, 1.807) is 0 Å². The average Bonchev–Trinajstić information content (AvgIpc) is 2.45. The molecule has 0 saturated carbocycles. The Hall–Kier alpha value is -0.340. The van der Waals surface area contributed by atoms with Crippen LogP contribution < -0.4 is 5.32 Å². The minimum absolute atomic E-state index is 0.0131. The van der Waals surface area contributed by atoms with Gasteiger partial charge in [-0.3, -0.25) is 0 Å². The van der Waals surface area contributed by atoms with Crippen LogP contribution >= 0.6 is 0 Å². The molecule has 0 spiro atoms. The SMILES string of the molecule is C/C(=C/CCNCC(C)C)C1CC(C)(C)OC1(C)C. The van der Waals surface area contributed by atoms with Crippen molar-refractivity contribution < 1.29 is 4.74 Å². The third kappa shape index (κ3) is 5.27. The summed E-state index contributed by atoms with van der Waals surface area (Å²) < 4.78 is 6.17. The summed E-state index contributed by atoms with van der Waals surface area (Å²) in [5.41, 5.74) is 1.47. The van der Waals surface area contributed by atoms with Gasteiger partial charge in [0.2, 0.25) is 0 Å². The molecular weight excluding hydrogens is 234 g/mol. The Bertz CT molecular complexity index is 315. The molecule has 19 heavy (non-hydrogen) atoms. The van der Waals surface area contributed by atoms with Gasteiger partial charge in [0.1, 0.15) is 0 Å². The number of hydrogen-bond donors (Lipinski definition) is 1. The Morgan fingerprint density at radius 1 is 1.32 bits per heavy atom. The molecule has 112 valence electrons. The van der Waals surface area contributed by atoms with Gasteiger partial charge in [0.15, 0.2) is 0 Å². The van der Waals surface area contributed by atoms with E-state index in [9.17, 15) is 0 Å². The van der Waals surface area contributed by atoms with Crippen molar-refractivity contribution in [2.45, 2.75) is 72.5 Å². The van der Waals surface area contributed by atoms with Crippen molar-refractivity contribution in [3.05, 3.63) is 11.6 Å². The van der Waals surface area contributed by atoms with Gasteiger partial charge in [-0.25, -0.2) is 0 Å². The van der Waals surface area contributed by atoms with Crippen LogP contribution in [0.3, 0.4) is 0 Å². The second kappa shape index (κ2) is 6.41. The molecule has 1 heterocycles. The van der Waals surface area contributed by atoms with Gasteiger partial charge in [-0.15, -0.1) is 0 Å². The van der Waals surface area contributed by atoms with Crippen LogP contribution in [-0.2, 0) is 4.74 Å². The molecule has 1 rings (SSSR count). The van der Waals surface area contributed by atoms with E-state index < -0.39 is 0 Å². The van der Waals surface area contributed by atoms with Gasteiger partial charge in [0, 0.05) is 5.92 Å². The minimum atomic E-state index is -0.0323. The van der Waals surface area contributed by atoms with Gasteiger partial charge in [-0.05, 0) is 66.5 Å². The van der Waals surface area contributed by atoms with Crippen molar-refractivity contribution in [2.75, 3.05) is 13.1 Å². The monoisotopic (exact) mass is 267 g/mol. The third-order valence-electron chi connectivity index (χ3n) is 3.96. The first-order valence-corrected chi connectivity index (χ1v) is 7.71. The van der Waals surface area contributed by atoms with Crippen LogP contribution in [0.2, 0.25) is 0 Å². The Morgan fingerprint density at radius 2 is 1.95 bits per heavy atom. The fourth-order valence-electron chi connectivity index (χ4n) is 3.21. The van der Waals surface area contributed by atoms with E-state index in [0.717, 1.165) is 31.8 Å². The Balaban J connectivity index is 2.46. The smallest absolute Gasteiger partial charge is 0.0699 e. The van der Waals surface area contributed by atoms with E-state index in [4.69, 9.17) is 4.74 Å². The first kappa shape index (κ1) is 16.7. The Kier molecular flexibility index (Phi) is 5.64. The zero-order valence-corrected chi connectivity index (χ0v) is 14.0. The van der Waals surface area contributed by atoms with Crippen LogP contribution in [0.15, 0.2) is 11.6 Å². The highest BCUT2D eigenvalue weighted by Crippen LogP contribution is 2.45. The van der Waals surface area contributed by atoms with Crippen molar-refractivity contribution in [1.82, 2.24) is 5.32 Å². The Morgan fingerprint density at radius 3 is 2.42 bits per heavy atom. The quantitative estimate of drug-likeness (QED) is 0.576. The zero-order chi connectivity index (χ0) is 14.7. The number of hydrogen-bond acceptors (Lipinski definition) is 2. The lowest BCUT2D eigenvalue weighted by molar-refractivity contribution is -0.0714. The van der Waals surface area contributed by atoms with E-state index in [0.29, 0.717) is 5.92 Å². The number of ether oxygens (including phenoxy) is 1. The van der Waals surface area contributed by atoms with E-state index in [-0.39, 0.29) is 11.2 Å². The summed E-state index contributed by atoms with van der Waals surface area (Å²) in [7, 11) is 0. The van der Waals surface area contributed by atoms with Gasteiger partial charge >= 0.3 is 0 Å². The molecule has 0 aliphatic carbocycles. The molecule has 0 aromatic rings. The fraction of sp³-hybridized carbons (Fsp3) is 0.882. The second-order valence-corrected chi connectivity index (χ2v) is 7.56. The summed E-state index contributed by atoms with van der Waals surface area (Å²) in [6.07, 6.45) is 4.64. The maximum absolute atomic E-state index is 6.17. The third-order valence-corrected chi connectivity index (χ3v) is 3.96. The minimum Gasteiger partial charge on any atom is -0.369 e. The van der Waals surface area contributed by atoms with Crippen LogP contribution in [0.25, 0.3) is 0 Å². The molecule has 1 aliphatic rings. The standard InChI is InChI=1S/C17H33NO/c1-13(2)12-18-10-8-9-14(3)15-11-16(4,5)19-17(15,6)7/h9,13,15,18H,8,10-12H2,1-7H3/b14-9-. The lowest BCUT2D eigenvalue weighted by Gasteiger charge is -2.28. The van der Waals surface area contributed by atoms with E-state index >= 15 is 0 Å². The molecule has 2 nitrogen and oxygen atoms in total. The van der Waals surface area contributed by atoms with Gasteiger partial charge in [-0.2, -0.15) is 0 Å². The lowest BCUT2D eigenvalue weighted by Crippen LogP contribution is -2.30. The van der Waals surface area contributed by atoms with Crippen LogP contribution in [0.1, 0.15) is 61.3 Å². The summed E-state index contributed by atoms with van der Waals surface area (Å²) in [6.45, 7) is 17.8. The van der Waals surface area contributed by atoms with Crippen molar-refractivity contribution in [2.24, 2.45) is 11.8 Å². The molecular formula is C17H33NO. The zero-order valence-electron chi connectivity index (χ0n) is 14.0. The normalized spacial score (nSPS) is 26.1. The predicted octanol–water partition coefficient (Wildman–Crippen LogP) is 4.16. The van der Waals surface area contributed by atoms with Gasteiger partial charge in [0.25, 0.3) is 0 Å². The molecule has 1 N–H and O–H groups in total. The Labute approximate surface area is 120 Å². The molecule has 1 aliphatic heterocycles. The summed E-state index contributed by atoms with van der Waals surface area (Å²) in [6, 6.07) is 0. The van der Waals surface area contributed by atoms with E-state index in [2.05, 4.69) is 59.9 Å². The van der Waals surface area contributed by atoms with Crippen LogP contribution in [-0.4, -0.2) is 24.3 Å². The summed E-state index contributed by atoms with van der Waals surface area (Å²) in [5, 5.41) is 3.49. The van der Waals surface area contributed by atoms with Crippen LogP contribution in [0.4, 0.5) is 0 Å². The molecule has 1 saturated heterocycles. The largest absolute Gasteiger partial charge is 0.369 e. The number of nitrogens with one attached hydrogen (secondary N) is 1. The molecule has 0 aromatic carbocycles. The summed E-state index contributed by atoms with van der Waals surface area (Å²) in [4.78, 5) is 0. The number of rotatable bonds is 6. The molecule has 1 fully saturated rings. The lowest BCUT2D eigenvalue weighted by atomic mass is 9.82. The maximum Gasteiger partial charge on any atom is 0.0699 e. The van der Waals surface area contributed by atoms with Crippen molar-refractivity contribution in [3.63, 3.8) is 0 Å². The van der Waals surface area contributed by atoms with Gasteiger partial charge < -0.3 is 10.1 Å². The first-order chi connectivity index (χ1) is 8.64. The second-order valence-electron chi connectivity index (χ2n) is 7.56. The highest BCUT2D eigenvalue weighted by atomic mass is 16.5. The molecule has 0 bridgehead atoms.